The van der Waals surface area contributed by atoms with Gasteiger partial charge in [-0.1, -0.05) is 6.92 Å². The zero-order valence-electron chi connectivity index (χ0n) is 10.6. The van der Waals surface area contributed by atoms with E-state index in [4.69, 9.17) is 10.5 Å². The van der Waals surface area contributed by atoms with Crippen molar-refractivity contribution in [2.75, 3.05) is 32.8 Å². The van der Waals surface area contributed by atoms with Gasteiger partial charge in [-0.05, 0) is 44.6 Å². The monoisotopic (exact) mass is 226 g/mol. The molecule has 2 aliphatic heterocycles. The van der Waals surface area contributed by atoms with E-state index in [2.05, 4.69) is 11.8 Å². The van der Waals surface area contributed by atoms with E-state index in [0.717, 1.165) is 32.1 Å². The van der Waals surface area contributed by atoms with Gasteiger partial charge in [0.1, 0.15) is 0 Å². The number of hydrogen-bond donors (Lipinski definition) is 1. The van der Waals surface area contributed by atoms with Gasteiger partial charge in [-0.2, -0.15) is 0 Å². The van der Waals surface area contributed by atoms with Gasteiger partial charge < -0.3 is 10.5 Å². The van der Waals surface area contributed by atoms with Crippen molar-refractivity contribution in [3.63, 3.8) is 0 Å². The molecule has 0 aliphatic carbocycles. The molecule has 2 aliphatic rings. The maximum Gasteiger partial charge on any atom is 0.0484 e. The van der Waals surface area contributed by atoms with Crippen LogP contribution in [0, 0.1) is 5.92 Å². The van der Waals surface area contributed by atoms with Crippen molar-refractivity contribution in [3.8, 4) is 0 Å². The average Bonchev–Trinajstić information content (AvgIpc) is 2.55. The highest BCUT2D eigenvalue weighted by Gasteiger charge is 2.37. The summed E-state index contributed by atoms with van der Waals surface area (Å²) in [5.74, 6) is 0.835. The van der Waals surface area contributed by atoms with Crippen LogP contribution in [-0.2, 0) is 4.74 Å². The minimum atomic E-state index is 0.241. The molecule has 0 aromatic rings. The summed E-state index contributed by atoms with van der Waals surface area (Å²) in [5.41, 5.74) is 6.33. The molecule has 3 heteroatoms. The number of ether oxygens (including phenoxy) is 1. The molecular formula is C13H26N2O. The maximum atomic E-state index is 6.09. The third-order valence-electron chi connectivity index (χ3n) is 4.35. The summed E-state index contributed by atoms with van der Waals surface area (Å²) in [6, 6.07) is 0. The molecule has 0 aromatic heterocycles. The SMILES string of the molecule is CC1CCCN(C2(CN)CCCOCC2)C1. The van der Waals surface area contributed by atoms with Crippen molar-refractivity contribution in [3.05, 3.63) is 0 Å². The molecule has 0 bridgehead atoms. The lowest BCUT2D eigenvalue weighted by Crippen LogP contribution is -2.57. The first-order chi connectivity index (χ1) is 7.77. The zero-order chi connectivity index (χ0) is 11.4. The molecule has 16 heavy (non-hydrogen) atoms. The van der Waals surface area contributed by atoms with Gasteiger partial charge in [0.15, 0.2) is 0 Å². The Bertz CT molecular complexity index is 212. The first-order valence-corrected chi connectivity index (χ1v) is 6.80. The standard InChI is InChI=1S/C13H26N2O/c1-12-4-2-7-15(10-12)13(11-14)5-3-8-16-9-6-13/h12H,2-11,14H2,1H3. The minimum Gasteiger partial charge on any atom is -0.381 e. The fraction of sp³-hybridized carbons (Fsp3) is 1.00. The Labute approximate surface area is 99.3 Å². The van der Waals surface area contributed by atoms with Crippen molar-refractivity contribution in [1.29, 1.82) is 0 Å². The molecular weight excluding hydrogens is 200 g/mol. The second-order valence-electron chi connectivity index (χ2n) is 5.59. The first-order valence-electron chi connectivity index (χ1n) is 6.80. The van der Waals surface area contributed by atoms with Crippen molar-refractivity contribution in [2.45, 2.75) is 44.6 Å². The van der Waals surface area contributed by atoms with Gasteiger partial charge in [0.25, 0.3) is 0 Å². The van der Waals surface area contributed by atoms with Crippen LogP contribution in [0.2, 0.25) is 0 Å². The van der Waals surface area contributed by atoms with E-state index >= 15 is 0 Å². The Balaban J connectivity index is 2.05. The molecule has 0 radical (unpaired) electrons. The summed E-state index contributed by atoms with van der Waals surface area (Å²) in [5, 5.41) is 0. The van der Waals surface area contributed by atoms with E-state index in [0.29, 0.717) is 0 Å². The van der Waals surface area contributed by atoms with E-state index in [1.807, 2.05) is 0 Å². The number of nitrogens with zero attached hydrogens (tertiary/aromatic N) is 1. The zero-order valence-corrected chi connectivity index (χ0v) is 10.6. The van der Waals surface area contributed by atoms with Crippen molar-refractivity contribution >= 4 is 0 Å². The summed E-state index contributed by atoms with van der Waals surface area (Å²) >= 11 is 0. The van der Waals surface area contributed by atoms with E-state index in [9.17, 15) is 0 Å². The van der Waals surface area contributed by atoms with Crippen LogP contribution in [-0.4, -0.2) is 43.3 Å². The summed E-state index contributed by atoms with van der Waals surface area (Å²) in [7, 11) is 0. The predicted molar refractivity (Wildman–Crippen MR) is 66.4 cm³/mol. The molecule has 94 valence electrons. The van der Waals surface area contributed by atoms with Crippen LogP contribution >= 0.6 is 0 Å². The van der Waals surface area contributed by atoms with Crippen LogP contribution in [0.4, 0.5) is 0 Å². The average molecular weight is 226 g/mol. The van der Waals surface area contributed by atoms with Crippen LogP contribution in [0.1, 0.15) is 39.0 Å². The molecule has 0 amide bonds. The largest absolute Gasteiger partial charge is 0.381 e. The molecule has 2 heterocycles. The lowest BCUT2D eigenvalue weighted by Gasteiger charge is -2.46. The maximum absolute atomic E-state index is 6.09. The number of likely N-dealkylation sites (tertiary alicyclic amines) is 1. The van der Waals surface area contributed by atoms with Crippen LogP contribution in [0.5, 0.6) is 0 Å². The van der Waals surface area contributed by atoms with E-state index in [1.165, 1.54) is 38.8 Å². The third-order valence-corrected chi connectivity index (χ3v) is 4.35. The van der Waals surface area contributed by atoms with Gasteiger partial charge in [0.05, 0.1) is 0 Å². The molecule has 2 rings (SSSR count). The van der Waals surface area contributed by atoms with Gasteiger partial charge in [0, 0.05) is 31.8 Å². The smallest absolute Gasteiger partial charge is 0.0484 e. The lowest BCUT2D eigenvalue weighted by molar-refractivity contribution is 0.0338. The Morgan fingerprint density at radius 1 is 1.31 bits per heavy atom. The van der Waals surface area contributed by atoms with Crippen LogP contribution in [0.15, 0.2) is 0 Å². The molecule has 0 saturated carbocycles. The topological polar surface area (TPSA) is 38.5 Å². The molecule has 2 N–H and O–H groups in total. The van der Waals surface area contributed by atoms with Gasteiger partial charge in [-0.3, -0.25) is 4.90 Å². The molecule has 0 aromatic carbocycles. The first kappa shape index (κ1) is 12.3. The van der Waals surface area contributed by atoms with Gasteiger partial charge in [-0.25, -0.2) is 0 Å². The highest BCUT2D eigenvalue weighted by molar-refractivity contribution is 4.94. The van der Waals surface area contributed by atoms with Gasteiger partial charge in [0.2, 0.25) is 0 Å². The molecule has 2 saturated heterocycles. The summed E-state index contributed by atoms with van der Waals surface area (Å²) in [6.07, 6.45) is 6.23. The highest BCUT2D eigenvalue weighted by Crippen LogP contribution is 2.31. The predicted octanol–water partition coefficient (Wildman–Crippen LogP) is 1.62. The number of piperidine rings is 1. The van der Waals surface area contributed by atoms with Crippen molar-refractivity contribution < 1.29 is 4.74 Å². The van der Waals surface area contributed by atoms with Gasteiger partial charge >= 0.3 is 0 Å². The number of rotatable bonds is 2. The van der Waals surface area contributed by atoms with Crippen LogP contribution in [0.3, 0.4) is 0 Å². The second-order valence-corrected chi connectivity index (χ2v) is 5.59. The normalized spacial score (nSPS) is 38.2. The summed E-state index contributed by atoms with van der Waals surface area (Å²) in [4.78, 5) is 2.66. The number of hydrogen-bond acceptors (Lipinski definition) is 3. The lowest BCUT2D eigenvalue weighted by atomic mass is 9.85. The Hall–Kier alpha value is -0.120. The quantitative estimate of drug-likeness (QED) is 0.777. The summed E-state index contributed by atoms with van der Waals surface area (Å²) < 4.78 is 5.59. The van der Waals surface area contributed by atoms with Gasteiger partial charge in [-0.15, -0.1) is 0 Å². The summed E-state index contributed by atoms with van der Waals surface area (Å²) in [6.45, 7) is 7.44. The van der Waals surface area contributed by atoms with E-state index in [-0.39, 0.29) is 5.54 Å². The fourth-order valence-corrected chi connectivity index (χ4v) is 3.26. The minimum absolute atomic E-state index is 0.241. The fourth-order valence-electron chi connectivity index (χ4n) is 3.26. The Kier molecular flexibility index (Phi) is 4.22. The molecule has 2 unspecified atom stereocenters. The van der Waals surface area contributed by atoms with Crippen LogP contribution in [0.25, 0.3) is 0 Å². The molecule has 3 nitrogen and oxygen atoms in total. The van der Waals surface area contributed by atoms with Crippen molar-refractivity contribution in [1.82, 2.24) is 4.90 Å². The van der Waals surface area contributed by atoms with Crippen molar-refractivity contribution in [2.24, 2.45) is 11.7 Å². The molecule has 2 atom stereocenters. The van der Waals surface area contributed by atoms with Crippen LogP contribution < -0.4 is 5.73 Å². The molecule has 0 spiro atoms. The second kappa shape index (κ2) is 5.48. The van der Waals surface area contributed by atoms with E-state index in [1.54, 1.807) is 0 Å². The highest BCUT2D eigenvalue weighted by atomic mass is 16.5. The Morgan fingerprint density at radius 2 is 2.19 bits per heavy atom. The Morgan fingerprint density at radius 3 is 2.94 bits per heavy atom. The number of nitrogens with two attached hydrogens (primary N) is 1. The third kappa shape index (κ3) is 2.58. The van der Waals surface area contributed by atoms with E-state index < -0.39 is 0 Å². The molecule has 2 fully saturated rings.